The number of aromatic nitrogens is 1. The van der Waals surface area contributed by atoms with Crippen LogP contribution in [0.3, 0.4) is 0 Å². The topological polar surface area (TPSA) is 105 Å². The minimum absolute atomic E-state index is 0.0623. The van der Waals surface area contributed by atoms with Crippen LogP contribution in [0.25, 0.3) is 0 Å². The van der Waals surface area contributed by atoms with E-state index in [0.29, 0.717) is 18.7 Å². The summed E-state index contributed by atoms with van der Waals surface area (Å²) in [7, 11) is -5.24. The van der Waals surface area contributed by atoms with Gasteiger partial charge in [-0.05, 0) is 18.9 Å². The Kier molecular flexibility index (Phi) is 4.31. The molecule has 0 aliphatic carbocycles. The molecule has 2 heterocycles. The van der Waals surface area contributed by atoms with E-state index in [0.717, 1.165) is 0 Å². The van der Waals surface area contributed by atoms with Crippen LogP contribution >= 0.6 is 0 Å². The number of pyridine rings is 1. The molecule has 0 bridgehead atoms. The maximum atomic E-state index is 12.1. The van der Waals surface area contributed by atoms with Gasteiger partial charge in [-0.2, -0.15) is 0 Å². The van der Waals surface area contributed by atoms with Crippen LogP contribution in [0.1, 0.15) is 12.8 Å². The Bertz CT molecular complexity index is 685. The maximum absolute atomic E-state index is 12.1. The first-order chi connectivity index (χ1) is 9.35. The van der Waals surface area contributed by atoms with Gasteiger partial charge >= 0.3 is 0 Å². The molecule has 0 radical (unpaired) electrons. The van der Waals surface area contributed by atoms with Gasteiger partial charge in [0.1, 0.15) is 5.82 Å². The summed E-state index contributed by atoms with van der Waals surface area (Å²) >= 11 is 0. The van der Waals surface area contributed by atoms with Crippen molar-refractivity contribution in [3.8, 4) is 0 Å². The monoisotopic (exact) mass is 319 g/mol. The van der Waals surface area contributed by atoms with Crippen molar-refractivity contribution in [1.82, 2.24) is 9.71 Å². The Morgan fingerprint density at radius 1 is 1.45 bits per heavy atom. The lowest BCUT2D eigenvalue weighted by atomic mass is 10.2. The number of rotatable bonds is 5. The quantitative estimate of drug-likeness (QED) is 0.790. The van der Waals surface area contributed by atoms with Gasteiger partial charge in [0.15, 0.2) is 9.84 Å². The third-order valence-electron chi connectivity index (χ3n) is 3.26. The molecule has 0 saturated carbocycles. The highest BCUT2D eigenvalue weighted by Gasteiger charge is 2.32. The molecule has 0 amide bonds. The third kappa shape index (κ3) is 3.28. The highest BCUT2D eigenvalue weighted by Crippen LogP contribution is 2.20. The fraction of sp³-hybridized carbons (Fsp3) is 0.545. The van der Waals surface area contributed by atoms with Gasteiger partial charge in [0.25, 0.3) is 0 Å². The second-order valence-electron chi connectivity index (χ2n) is 4.61. The Balaban J connectivity index is 2.11. The molecule has 1 saturated heterocycles. The van der Waals surface area contributed by atoms with E-state index in [-0.39, 0.29) is 17.2 Å². The first-order valence-corrected chi connectivity index (χ1v) is 9.40. The Labute approximate surface area is 118 Å². The van der Waals surface area contributed by atoms with Crippen LogP contribution in [0, 0.1) is 0 Å². The molecule has 1 aliphatic rings. The summed E-state index contributed by atoms with van der Waals surface area (Å²) in [6, 6.07) is 2.76. The van der Waals surface area contributed by atoms with Crippen LogP contribution in [0.15, 0.2) is 23.2 Å². The average molecular weight is 319 g/mol. The number of sulfonamides is 1. The summed E-state index contributed by atoms with van der Waals surface area (Å²) in [4.78, 5) is 4.00. The number of nitrogens with zero attached hydrogens (tertiary/aromatic N) is 1. The third-order valence-corrected chi connectivity index (χ3v) is 6.96. The van der Waals surface area contributed by atoms with Crippen molar-refractivity contribution in [2.24, 2.45) is 0 Å². The van der Waals surface area contributed by atoms with Crippen LogP contribution < -0.4 is 10.0 Å². The van der Waals surface area contributed by atoms with E-state index in [9.17, 15) is 16.8 Å². The zero-order valence-electron chi connectivity index (χ0n) is 11.0. The summed E-state index contributed by atoms with van der Waals surface area (Å²) in [5, 5.41) is 2.13. The van der Waals surface area contributed by atoms with E-state index in [1.807, 2.05) is 0 Å². The van der Waals surface area contributed by atoms with E-state index in [4.69, 9.17) is 0 Å². The summed E-state index contributed by atoms with van der Waals surface area (Å²) in [5.41, 5.74) is 0. The average Bonchev–Trinajstić information content (AvgIpc) is 2.75. The summed E-state index contributed by atoms with van der Waals surface area (Å²) < 4.78 is 49.9. The molecule has 1 aliphatic heterocycles. The van der Waals surface area contributed by atoms with Gasteiger partial charge in [0, 0.05) is 25.9 Å². The van der Waals surface area contributed by atoms with Gasteiger partial charge in [0.05, 0.1) is 15.9 Å². The lowest BCUT2D eigenvalue weighted by molar-refractivity contribution is 0.571. The molecule has 2 N–H and O–H groups in total. The number of nitrogens with one attached hydrogen (secondary N) is 2. The van der Waals surface area contributed by atoms with Crippen molar-refractivity contribution < 1.29 is 16.8 Å². The normalized spacial score (nSPS) is 21.8. The Morgan fingerprint density at radius 3 is 2.80 bits per heavy atom. The van der Waals surface area contributed by atoms with E-state index in [2.05, 4.69) is 15.0 Å². The number of anilines is 1. The summed E-state index contributed by atoms with van der Waals surface area (Å²) in [6.45, 7) is -0.0815. The molecule has 1 aromatic heterocycles. The first-order valence-electron chi connectivity index (χ1n) is 6.20. The SMILES string of the molecule is CNc1cc(S(=O)(=O)NCC2CCCS2(=O)=O)ccn1. The van der Waals surface area contributed by atoms with E-state index < -0.39 is 25.1 Å². The van der Waals surface area contributed by atoms with Crippen LogP contribution in [0.5, 0.6) is 0 Å². The lowest BCUT2D eigenvalue weighted by Crippen LogP contribution is -2.34. The van der Waals surface area contributed by atoms with Crippen molar-refractivity contribution in [2.45, 2.75) is 23.0 Å². The van der Waals surface area contributed by atoms with Crippen LogP contribution in [0.2, 0.25) is 0 Å². The fourth-order valence-electron chi connectivity index (χ4n) is 2.09. The molecule has 1 fully saturated rings. The van der Waals surface area contributed by atoms with Gasteiger partial charge in [0.2, 0.25) is 10.0 Å². The molecular formula is C11H17N3O4S2. The molecule has 112 valence electrons. The molecule has 1 aromatic rings. The van der Waals surface area contributed by atoms with E-state index in [1.165, 1.54) is 18.3 Å². The summed E-state index contributed by atoms with van der Waals surface area (Å²) in [5.74, 6) is 0.569. The molecule has 1 atom stereocenters. The molecule has 0 aromatic carbocycles. The fourth-order valence-corrected chi connectivity index (χ4v) is 5.05. The standard InChI is InChI=1S/C11H17N3O4S2/c1-12-11-7-9(4-5-13-11)20(17,18)14-8-10-3-2-6-19(10,15)16/h4-5,7,10,14H,2-3,6,8H2,1H3,(H,12,13). The van der Waals surface area contributed by atoms with Gasteiger partial charge in [-0.1, -0.05) is 0 Å². The second kappa shape index (κ2) is 5.66. The second-order valence-corrected chi connectivity index (χ2v) is 8.78. The van der Waals surface area contributed by atoms with Crippen LogP contribution in [0.4, 0.5) is 5.82 Å². The van der Waals surface area contributed by atoms with Gasteiger partial charge in [-0.25, -0.2) is 26.5 Å². The lowest BCUT2D eigenvalue weighted by Gasteiger charge is -2.11. The van der Waals surface area contributed by atoms with E-state index >= 15 is 0 Å². The number of hydrogen-bond donors (Lipinski definition) is 2. The molecule has 1 unspecified atom stereocenters. The van der Waals surface area contributed by atoms with Crippen molar-refractivity contribution in [3.63, 3.8) is 0 Å². The Morgan fingerprint density at radius 2 is 2.20 bits per heavy atom. The van der Waals surface area contributed by atoms with Crippen molar-refractivity contribution >= 4 is 25.7 Å². The minimum Gasteiger partial charge on any atom is -0.373 e. The predicted molar refractivity (Wildman–Crippen MR) is 75.8 cm³/mol. The highest BCUT2D eigenvalue weighted by molar-refractivity contribution is 7.92. The predicted octanol–water partition coefficient (Wildman–Crippen LogP) is -0.0212. The largest absolute Gasteiger partial charge is 0.373 e. The first kappa shape index (κ1) is 15.2. The zero-order valence-corrected chi connectivity index (χ0v) is 12.7. The van der Waals surface area contributed by atoms with Crippen LogP contribution in [-0.4, -0.2) is 46.4 Å². The molecule has 0 spiro atoms. The van der Waals surface area contributed by atoms with Crippen molar-refractivity contribution in [3.05, 3.63) is 18.3 Å². The van der Waals surface area contributed by atoms with Gasteiger partial charge in [-0.15, -0.1) is 0 Å². The molecule has 7 nitrogen and oxygen atoms in total. The maximum Gasteiger partial charge on any atom is 0.240 e. The summed E-state index contributed by atoms with van der Waals surface area (Å²) in [6.07, 6.45) is 2.48. The van der Waals surface area contributed by atoms with E-state index in [1.54, 1.807) is 7.05 Å². The Hall–Kier alpha value is -1.19. The number of sulfone groups is 1. The highest BCUT2D eigenvalue weighted by atomic mass is 32.2. The molecule has 20 heavy (non-hydrogen) atoms. The van der Waals surface area contributed by atoms with Crippen molar-refractivity contribution in [1.29, 1.82) is 0 Å². The zero-order chi connectivity index (χ0) is 14.8. The molecular weight excluding hydrogens is 302 g/mol. The smallest absolute Gasteiger partial charge is 0.240 e. The van der Waals surface area contributed by atoms with Crippen LogP contribution in [-0.2, 0) is 19.9 Å². The van der Waals surface area contributed by atoms with Crippen molar-refractivity contribution in [2.75, 3.05) is 24.7 Å². The van der Waals surface area contributed by atoms with Gasteiger partial charge in [-0.3, -0.25) is 0 Å². The molecule has 9 heteroatoms. The number of hydrogen-bond acceptors (Lipinski definition) is 6. The molecule has 2 rings (SSSR count). The van der Waals surface area contributed by atoms with Gasteiger partial charge < -0.3 is 5.32 Å². The minimum atomic E-state index is -3.72.